The first kappa shape index (κ1) is 19.1. The zero-order chi connectivity index (χ0) is 19.3. The van der Waals surface area contributed by atoms with Gasteiger partial charge in [-0.3, -0.25) is 9.10 Å². The molecule has 0 spiro atoms. The van der Waals surface area contributed by atoms with Gasteiger partial charge in [0.15, 0.2) is 0 Å². The number of benzene rings is 2. The van der Waals surface area contributed by atoms with Crippen molar-refractivity contribution >= 4 is 27.7 Å². The van der Waals surface area contributed by atoms with Gasteiger partial charge in [0.25, 0.3) is 10.0 Å². The SMILES string of the molecule is COCCNC(=O)C=Cc1ccc(S(=O)(=O)N2CCc3ccccc32)cc1. The van der Waals surface area contributed by atoms with Gasteiger partial charge in [0.05, 0.1) is 17.2 Å². The zero-order valence-electron chi connectivity index (χ0n) is 15.1. The summed E-state index contributed by atoms with van der Waals surface area (Å²) >= 11 is 0. The number of ether oxygens (including phenoxy) is 1. The number of fused-ring (bicyclic) bond motifs is 1. The third kappa shape index (κ3) is 4.37. The van der Waals surface area contributed by atoms with Crippen LogP contribution in [0, 0.1) is 0 Å². The number of anilines is 1. The molecule has 0 saturated carbocycles. The molecule has 1 aliphatic heterocycles. The molecule has 2 aromatic rings. The fraction of sp³-hybridized carbons (Fsp3) is 0.250. The lowest BCUT2D eigenvalue weighted by molar-refractivity contribution is -0.116. The first-order chi connectivity index (χ1) is 13.0. The van der Waals surface area contributed by atoms with Crippen molar-refractivity contribution in [3.8, 4) is 0 Å². The second-order valence-corrected chi connectivity index (χ2v) is 8.00. The highest BCUT2D eigenvalue weighted by Crippen LogP contribution is 2.32. The molecule has 1 aliphatic rings. The number of hydrogen-bond acceptors (Lipinski definition) is 4. The van der Waals surface area contributed by atoms with E-state index in [9.17, 15) is 13.2 Å². The molecular weight excluding hydrogens is 364 g/mol. The van der Waals surface area contributed by atoms with Crippen molar-refractivity contribution < 1.29 is 17.9 Å². The Morgan fingerprint density at radius 3 is 2.67 bits per heavy atom. The minimum absolute atomic E-state index is 0.225. The highest BCUT2D eigenvalue weighted by Gasteiger charge is 2.30. The second kappa shape index (κ2) is 8.37. The average molecular weight is 386 g/mol. The van der Waals surface area contributed by atoms with E-state index in [2.05, 4.69) is 5.32 Å². The van der Waals surface area contributed by atoms with Gasteiger partial charge in [-0.25, -0.2) is 8.42 Å². The fourth-order valence-electron chi connectivity index (χ4n) is 2.94. The summed E-state index contributed by atoms with van der Waals surface area (Å²) < 4.78 is 32.2. The van der Waals surface area contributed by atoms with E-state index in [1.165, 1.54) is 10.4 Å². The number of nitrogens with one attached hydrogen (secondary N) is 1. The van der Waals surface area contributed by atoms with Crippen molar-refractivity contribution in [1.29, 1.82) is 0 Å². The van der Waals surface area contributed by atoms with Crippen LogP contribution in [-0.2, 0) is 26.0 Å². The van der Waals surface area contributed by atoms with Gasteiger partial charge < -0.3 is 10.1 Å². The molecule has 7 heteroatoms. The smallest absolute Gasteiger partial charge is 0.264 e. The number of carbonyl (C=O) groups excluding carboxylic acids is 1. The molecule has 6 nitrogen and oxygen atoms in total. The van der Waals surface area contributed by atoms with Crippen molar-refractivity contribution in [3.63, 3.8) is 0 Å². The van der Waals surface area contributed by atoms with Crippen LogP contribution >= 0.6 is 0 Å². The minimum Gasteiger partial charge on any atom is -0.383 e. The molecule has 0 atom stereocenters. The zero-order valence-corrected chi connectivity index (χ0v) is 15.9. The highest BCUT2D eigenvalue weighted by atomic mass is 32.2. The van der Waals surface area contributed by atoms with Crippen LogP contribution in [0.3, 0.4) is 0 Å². The van der Waals surface area contributed by atoms with E-state index >= 15 is 0 Å². The number of rotatable bonds is 7. The van der Waals surface area contributed by atoms with Gasteiger partial charge in [-0.15, -0.1) is 0 Å². The minimum atomic E-state index is -3.60. The molecule has 0 saturated heterocycles. The maximum absolute atomic E-state index is 13.0. The highest BCUT2D eigenvalue weighted by molar-refractivity contribution is 7.92. The number of amides is 1. The normalized spacial score (nSPS) is 13.7. The fourth-order valence-corrected chi connectivity index (χ4v) is 4.45. The molecule has 0 fully saturated rings. The molecule has 142 valence electrons. The summed E-state index contributed by atoms with van der Waals surface area (Å²) in [4.78, 5) is 11.9. The maximum Gasteiger partial charge on any atom is 0.264 e. The van der Waals surface area contributed by atoms with Crippen LogP contribution in [0.2, 0.25) is 0 Å². The molecule has 0 aromatic heterocycles. The van der Waals surface area contributed by atoms with Gasteiger partial charge in [-0.1, -0.05) is 30.3 Å². The van der Waals surface area contributed by atoms with Crippen LogP contribution in [0.15, 0.2) is 59.5 Å². The average Bonchev–Trinajstić information content (AvgIpc) is 3.12. The molecule has 0 bridgehead atoms. The largest absolute Gasteiger partial charge is 0.383 e. The summed E-state index contributed by atoms with van der Waals surface area (Å²) in [5, 5.41) is 2.68. The number of para-hydroxylation sites is 1. The van der Waals surface area contributed by atoms with E-state index < -0.39 is 10.0 Å². The van der Waals surface area contributed by atoms with E-state index in [-0.39, 0.29) is 10.8 Å². The Hall–Kier alpha value is -2.64. The number of sulfonamides is 1. The quantitative estimate of drug-likeness (QED) is 0.585. The van der Waals surface area contributed by atoms with Crippen LogP contribution in [-0.4, -0.2) is 41.1 Å². The summed E-state index contributed by atoms with van der Waals surface area (Å²) in [5.74, 6) is -0.225. The molecular formula is C20H22N2O4S. The van der Waals surface area contributed by atoms with Crippen LogP contribution in [0.4, 0.5) is 5.69 Å². The van der Waals surface area contributed by atoms with Crippen molar-refractivity contribution in [2.24, 2.45) is 0 Å². The molecule has 0 unspecified atom stereocenters. The Morgan fingerprint density at radius 1 is 1.19 bits per heavy atom. The van der Waals surface area contributed by atoms with E-state index in [1.807, 2.05) is 24.3 Å². The number of methoxy groups -OCH3 is 1. The Kier molecular flexibility index (Phi) is 5.93. The molecule has 1 heterocycles. The summed E-state index contributed by atoms with van der Waals surface area (Å²) in [5.41, 5.74) is 2.53. The Bertz CT molecular complexity index is 937. The summed E-state index contributed by atoms with van der Waals surface area (Å²) in [6.45, 7) is 1.34. The molecule has 27 heavy (non-hydrogen) atoms. The van der Waals surface area contributed by atoms with Gasteiger partial charge in [0, 0.05) is 26.3 Å². The first-order valence-electron chi connectivity index (χ1n) is 8.68. The van der Waals surface area contributed by atoms with Crippen molar-refractivity contribution in [2.45, 2.75) is 11.3 Å². The third-order valence-electron chi connectivity index (χ3n) is 4.35. The van der Waals surface area contributed by atoms with Crippen molar-refractivity contribution in [3.05, 3.63) is 65.7 Å². The van der Waals surface area contributed by atoms with E-state index in [0.29, 0.717) is 26.1 Å². The van der Waals surface area contributed by atoms with Gasteiger partial charge >= 0.3 is 0 Å². The van der Waals surface area contributed by atoms with E-state index in [0.717, 1.165) is 16.8 Å². The third-order valence-corrected chi connectivity index (χ3v) is 6.17. The van der Waals surface area contributed by atoms with Gasteiger partial charge in [-0.05, 0) is 41.8 Å². The predicted molar refractivity (Wildman–Crippen MR) is 105 cm³/mol. The Labute approximate surface area is 159 Å². The van der Waals surface area contributed by atoms with Crippen LogP contribution in [0.5, 0.6) is 0 Å². The van der Waals surface area contributed by atoms with Crippen molar-refractivity contribution in [2.75, 3.05) is 31.1 Å². The Balaban J connectivity index is 1.71. The number of carbonyl (C=O) groups is 1. The topological polar surface area (TPSA) is 75.7 Å². The molecule has 0 aliphatic carbocycles. The maximum atomic E-state index is 13.0. The molecule has 3 rings (SSSR count). The van der Waals surface area contributed by atoms with Gasteiger partial charge in [0.2, 0.25) is 5.91 Å². The van der Waals surface area contributed by atoms with Crippen molar-refractivity contribution in [1.82, 2.24) is 5.32 Å². The van der Waals surface area contributed by atoms with Gasteiger partial charge in [0.1, 0.15) is 0 Å². The monoisotopic (exact) mass is 386 g/mol. The van der Waals surface area contributed by atoms with Crippen LogP contribution < -0.4 is 9.62 Å². The second-order valence-electron chi connectivity index (χ2n) is 6.14. The lowest BCUT2D eigenvalue weighted by atomic mass is 10.2. The van der Waals surface area contributed by atoms with Crippen LogP contribution in [0.25, 0.3) is 6.08 Å². The van der Waals surface area contributed by atoms with E-state index in [4.69, 9.17) is 4.74 Å². The standard InChI is InChI=1S/C20H22N2O4S/c1-26-15-13-21-20(23)11-8-16-6-9-18(10-7-16)27(24,25)22-14-12-17-4-2-3-5-19(17)22/h2-11H,12-15H2,1H3,(H,21,23). The molecule has 0 radical (unpaired) electrons. The molecule has 1 amide bonds. The summed E-state index contributed by atoms with van der Waals surface area (Å²) in [7, 11) is -2.03. The van der Waals surface area contributed by atoms with E-state index in [1.54, 1.807) is 37.5 Å². The lowest BCUT2D eigenvalue weighted by Crippen LogP contribution is -2.29. The molecule has 1 N–H and O–H groups in total. The lowest BCUT2D eigenvalue weighted by Gasteiger charge is -2.19. The number of hydrogen-bond donors (Lipinski definition) is 1. The predicted octanol–water partition coefficient (Wildman–Crippen LogP) is 2.21. The Morgan fingerprint density at radius 2 is 1.93 bits per heavy atom. The first-order valence-corrected chi connectivity index (χ1v) is 10.1. The number of nitrogens with zero attached hydrogens (tertiary/aromatic N) is 1. The molecule has 2 aromatic carbocycles. The van der Waals surface area contributed by atoms with Gasteiger partial charge in [-0.2, -0.15) is 0 Å². The van der Waals surface area contributed by atoms with Crippen LogP contribution in [0.1, 0.15) is 11.1 Å². The summed E-state index contributed by atoms with van der Waals surface area (Å²) in [6, 6.07) is 14.1. The summed E-state index contributed by atoms with van der Waals surface area (Å²) in [6.07, 6.45) is 3.77.